The van der Waals surface area contributed by atoms with Gasteiger partial charge in [-0.3, -0.25) is 0 Å². The monoisotopic (exact) mass is 728 g/mol. The van der Waals surface area contributed by atoms with Gasteiger partial charge >= 0.3 is 5.97 Å². The van der Waals surface area contributed by atoms with Gasteiger partial charge in [0.2, 0.25) is 0 Å². The molecule has 5 nitrogen and oxygen atoms in total. The molecule has 0 radical (unpaired) electrons. The van der Waals surface area contributed by atoms with Crippen LogP contribution in [0, 0.1) is 5.92 Å². The second kappa shape index (κ2) is 17.7. The molecular weight excluding hydrogens is 665 g/mol. The van der Waals surface area contributed by atoms with Crippen molar-refractivity contribution in [2.24, 2.45) is 5.92 Å². The molecule has 0 aliphatic carbocycles. The number of cyclic esters (lactones) is 1. The second-order valence-electron chi connectivity index (χ2n) is 16.5. The summed E-state index contributed by atoms with van der Waals surface area (Å²) >= 11 is 0. The topological polar surface area (TPSA) is 65.0 Å². The van der Waals surface area contributed by atoms with E-state index in [4.69, 9.17) is 13.6 Å². The third-order valence-electron chi connectivity index (χ3n) is 11.2. The van der Waals surface area contributed by atoms with Crippen LogP contribution in [0.4, 0.5) is 0 Å². The molecular formula is C44H64O5Si2. The Hall–Kier alpha value is -2.98. The fourth-order valence-electron chi connectivity index (χ4n) is 8.61. The first-order chi connectivity index (χ1) is 24.2. The Morgan fingerprint density at radius 3 is 1.90 bits per heavy atom. The zero-order valence-electron chi connectivity index (χ0n) is 32.9. The highest BCUT2D eigenvalue weighted by Gasteiger charge is 2.52. The van der Waals surface area contributed by atoms with Gasteiger partial charge in [0.05, 0.1) is 6.10 Å². The second-order valence-corrected chi connectivity index (χ2v) is 26.2. The van der Waals surface area contributed by atoms with E-state index in [-0.39, 0.29) is 29.6 Å². The van der Waals surface area contributed by atoms with Crippen LogP contribution in [0.1, 0.15) is 111 Å². The van der Waals surface area contributed by atoms with Crippen molar-refractivity contribution in [2.75, 3.05) is 6.61 Å². The maximum atomic E-state index is 14.6. The molecule has 0 aromatic heterocycles. The van der Waals surface area contributed by atoms with Gasteiger partial charge in [0.15, 0.2) is 0 Å². The maximum absolute atomic E-state index is 14.6. The Bertz CT molecular complexity index is 1500. The van der Waals surface area contributed by atoms with Crippen LogP contribution in [-0.4, -0.2) is 46.5 Å². The zero-order valence-corrected chi connectivity index (χ0v) is 34.9. The van der Waals surface area contributed by atoms with Crippen LogP contribution in [0.25, 0.3) is 0 Å². The van der Waals surface area contributed by atoms with Crippen LogP contribution in [0.5, 0.6) is 5.75 Å². The van der Waals surface area contributed by atoms with E-state index in [0.717, 1.165) is 12.0 Å². The lowest BCUT2D eigenvalue weighted by Gasteiger charge is -2.46. The van der Waals surface area contributed by atoms with Crippen molar-refractivity contribution in [3.63, 3.8) is 0 Å². The lowest BCUT2D eigenvalue weighted by Crippen LogP contribution is -2.68. The molecule has 278 valence electrons. The molecule has 0 spiro atoms. The average molecular weight is 729 g/mol. The van der Waals surface area contributed by atoms with Gasteiger partial charge in [-0.25, -0.2) is 4.79 Å². The molecule has 0 bridgehead atoms. The minimum Gasteiger partial charge on any atom is -0.542 e. The summed E-state index contributed by atoms with van der Waals surface area (Å²) in [4.78, 5) is 14.6. The lowest BCUT2D eigenvalue weighted by molar-refractivity contribution is 0.00489. The van der Waals surface area contributed by atoms with Crippen LogP contribution in [0.3, 0.4) is 0 Å². The minimum atomic E-state index is -2.90. The predicted octanol–water partition coefficient (Wildman–Crippen LogP) is 10.0. The van der Waals surface area contributed by atoms with Gasteiger partial charge < -0.3 is 18.7 Å². The van der Waals surface area contributed by atoms with Crippen LogP contribution in [-0.2, 0) is 15.6 Å². The molecule has 51 heavy (non-hydrogen) atoms. The van der Waals surface area contributed by atoms with Gasteiger partial charge in [-0.2, -0.15) is 0 Å². The zero-order chi connectivity index (χ0) is 37.4. The number of ether oxygens (including phenoxy) is 1. The summed E-state index contributed by atoms with van der Waals surface area (Å²) in [5.41, 5.74) is 2.52. The standard InChI is InChI=1S/C44H64O5Si2/c1-32(2)50(33(3)4,34(5)6)48-40-29-19-23-36-22-18-17-21-35(7)41(31-37(24-20-30-45)47-43(46)42(36)40)49-51(44(8,9)10,38-25-13-11-14-26-38)39-27-15-12-16-28-39/h11-19,23,25-29,32-35,37,41,45H,20-22,24,30-31H2,1-10H3/b18-17+/t35-,37-,41+/m0/s1. The van der Waals surface area contributed by atoms with E-state index in [0.29, 0.717) is 53.6 Å². The Labute approximate surface area is 311 Å². The van der Waals surface area contributed by atoms with Gasteiger partial charge in [0, 0.05) is 13.0 Å². The number of aliphatic hydroxyl groups is 1. The molecule has 1 aliphatic rings. The van der Waals surface area contributed by atoms with E-state index in [1.165, 1.54) is 10.4 Å². The quantitative estimate of drug-likeness (QED) is 0.114. The number of carbonyl (C=O) groups is 1. The first-order valence-corrected chi connectivity index (χ1v) is 23.3. The van der Waals surface area contributed by atoms with Crippen LogP contribution >= 0.6 is 0 Å². The third-order valence-corrected chi connectivity index (χ3v) is 22.2. The van der Waals surface area contributed by atoms with Crippen molar-refractivity contribution in [3.05, 3.63) is 102 Å². The fourth-order valence-corrected chi connectivity index (χ4v) is 18.7. The van der Waals surface area contributed by atoms with Crippen molar-refractivity contribution in [2.45, 2.75) is 135 Å². The molecule has 0 amide bonds. The molecule has 0 unspecified atom stereocenters. The number of hydrogen-bond donors (Lipinski definition) is 1. The smallest absolute Gasteiger partial charge is 0.342 e. The molecule has 1 N–H and O–H groups in total. The normalized spacial score (nSPS) is 20.0. The summed E-state index contributed by atoms with van der Waals surface area (Å²) < 4.78 is 21.5. The Morgan fingerprint density at radius 1 is 0.824 bits per heavy atom. The highest BCUT2D eigenvalue weighted by atomic mass is 28.4. The van der Waals surface area contributed by atoms with E-state index in [2.05, 4.69) is 142 Å². The molecule has 1 heterocycles. The van der Waals surface area contributed by atoms with E-state index in [1.807, 2.05) is 18.2 Å². The maximum Gasteiger partial charge on any atom is 0.342 e. The van der Waals surface area contributed by atoms with Gasteiger partial charge in [-0.05, 0) is 75.3 Å². The first-order valence-electron chi connectivity index (χ1n) is 19.3. The summed E-state index contributed by atoms with van der Waals surface area (Å²) in [6.07, 6.45) is 6.86. The van der Waals surface area contributed by atoms with E-state index < -0.39 is 22.7 Å². The molecule has 0 saturated heterocycles. The number of hydrogen-bond acceptors (Lipinski definition) is 5. The Kier molecular flexibility index (Phi) is 14.2. The molecule has 0 fully saturated rings. The molecule has 1 aliphatic heterocycles. The summed E-state index contributed by atoms with van der Waals surface area (Å²) in [6, 6.07) is 27.5. The highest BCUT2D eigenvalue weighted by molar-refractivity contribution is 6.99. The highest BCUT2D eigenvalue weighted by Crippen LogP contribution is 2.44. The number of esters is 1. The van der Waals surface area contributed by atoms with E-state index in [1.54, 1.807) is 0 Å². The van der Waals surface area contributed by atoms with Crippen molar-refractivity contribution in [1.82, 2.24) is 0 Å². The third kappa shape index (κ3) is 8.98. The molecule has 7 heteroatoms. The van der Waals surface area contributed by atoms with E-state index in [9.17, 15) is 9.90 Å². The molecule has 3 aromatic rings. The van der Waals surface area contributed by atoms with Gasteiger partial charge in [-0.1, -0.05) is 154 Å². The van der Waals surface area contributed by atoms with Crippen LogP contribution < -0.4 is 14.8 Å². The number of benzene rings is 3. The molecule has 3 atom stereocenters. The minimum absolute atomic E-state index is 0.0306. The Morgan fingerprint density at radius 2 is 1.39 bits per heavy atom. The summed E-state index contributed by atoms with van der Waals surface area (Å²) in [7, 11) is -5.27. The van der Waals surface area contributed by atoms with Gasteiger partial charge in [-0.15, -0.1) is 0 Å². The van der Waals surface area contributed by atoms with Crippen molar-refractivity contribution in [1.29, 1.82) is 0 Å². The van der Waals surface area contributed by atoms with Gasteiger partial charge in [0.25, 0.3) is 16.6 Å². The number of allylic oxidation sites excluding steroid dienone is 2. The van der Waals surface area contributed by atoms with Crippen molar-refractivity contribution < 1.29 is 23.5 Å². The first kappa shape index (κ1) is 40.8. The van der Waals surface area contributed by atoms with Gasteiger partial charge in [0.1, 0.15) is 17.4 Å². The predicted molar refractivity (Wildman–Crippen MR) is 217 cm³/mol. The summed E-state index contributed by atoms with van der Waals surface area (Å²) in [6.45, 7) is 22.8. The molecule has 0 saturated carbocycles. The van der Waals surface area contributed by atoms with Crippen molar-refractivity contribution >= 4 is 33.0 Å². The SMILES string of the molecule is CC(C)[Si](Oc1cccc2c1C(=O)O[C@@H](CCCO)C[C@@H](O[Si](c1ccccc1)(c1ccccc1)C(C)(C)C)[C@@H](C)C/C=C/C2)(C(C)C)C(C)C. The van der Waals surface area contributed by atoms with E-state index >= 15 is 0 Å². The van der Waals surface area contributed by atoms with Crippen LogP contribution in [0.2, 0.25) is 21.7 Å². The lowest BCUT2D eigenvalue weighted by atomic mass is 9.93. The number of carbonyl (C=O) groups excluding carboxylic acids is 1. The average Bonchev–Trinajstić information content (AvgIpc) is 3.08. The largest absolute Gasteiger partial charge is 0.542 e. The summed E-state index contributed by atoms with van der Waals surface area (Å²) in [5, 5.41) is 12.2. The number of aliphatic hydroxyl groups excluding tert-OH is 1. The summed E-state index contributed by atoms with van der Waals surface area (Å²) in [5.74, 6) is 0.440. The van der Waals surface area contributed by atoms with Crippen LogP contribution in [0.15, 0.2) is 91.0 Å². The molecule has 4 rings (SSSR count). The molecule has 3 aromatic carbocycles. The number of fused-ring (bicyclic) bond motifs is 1. The fraction of sp³-hybridized carbons (Fsp3) is 0.523. The Balaban J connectivity index is 1.83. The number of rotatable bonds is 12. The van der Waals surface area contributed by atoms with Crippen molar-refractivity contribution in [3.8, 4) is 5.75 Å².